The van der Waals surface area contributed by atoms with E-state index in [0.29, 0.717) is 18.0 Å². The minimum atomic E-state index is -0.110. The number of ether oxygens (including phenoxy) is 2. The van der Waals surface area contributed by atoms with Gasteiger partial charge in [-0.25, -0.2) is 0 Å². The van der Waals surface area contributed by atoms with Crippen molar-refractivity contribution in [3.05, 3.63) is 46.6 Å². The first-order chi connectivity index (χ1) is 16.9. The van der Waals surface area contributed by atoms with E-state index in [2.05, 4.69) is 36.2 Å². The highest BCUT2D eigenvalue weighted by molar-refractivity contribution is 5.94. The summed E-state index contributed by atoms with van der Waals surface area (Å²) in [5, 5.41) is 3.96. The van der Waals surface area contributed by atoms with E-state index < -0.39 is 0 Å². The zero-order valence-corrected chi connectivity index (χ0v) is 22.2. The molecule has 0 aromatic rings. The molecule has 0 spiro atoms. The molecular formula is C29H43N3O3. The highest BCUT2D eigenvalue weighted by Gasteiger charge is 2.50. The molecule has 6 nitrogen and oxygen atoms in total. The number of hydrogen-bond donors (Lipinski definition) is 1. The molecule has 1 saturated heterocycles. The SMILES string of the molecule is CC[C@@H]1CN2CCC3=C(NC4(C)CC=CC(OC)=C34)[C@@H]2C[C@@H]1/C(=C\OC)C(=O)N(C)C1CCCC1. The summed E-state index contributed by atoms with van der Waals surface area (Å²) in [5.74, 6) is 1.80. The molecule has 5 aliphatic rings. The Hall–Kier alpha value is -2.21. The summed E-state index contributed by atoms with van der Waals surface area (Å²) in [7, 11) is 5.45. The van der Waals surface area contributed by atoms with Crippen molar-refractivity contribution in [3.63, 3.8) is 0 Å². The number of carbonyl (C=O) groups is 1. The molecule has 192 valence electrons. The second-order valence-electron chi connectivity index (χ2n) is 11.3. The monoisotopic (exact) mass is 481 g/mol. The largest absolute Gasteiger partial charge is 0.504 e. The summed E-state index contributed by atoms with van der Waals surface area (Å²) >= 11 is 0. The van der Waals surface area contributed by atoms with Crippen LogP contribution in [0.15, 0.2) is 46.6 Å². The highest BCUT2D eigenvalue weighted by atomic mass is 16.5. The molecule has 2 fully saturated rings. The highest BCUT2D eigenvalue weighted by Crippen LogP contribution is 2.49. The van der Waals surface area contributed by atoms with Gasteiger partial charge in [0.1, 0.15) is 5.76 Å². The first-order valence-corrected chi connectivity index (χ1v) is 13.6. The Bertz CT molecular complexity index is 974. The zero-order valence-electron chi connectivity index (χ0n) is 22.2. The molecule has 2 aliphatic carbocycles. The Morgan fingerprint density at radius 3 is 2.77 bits per heavy atom. The quantitative estimate of drug-likeness (QED) is 0.447. The number of amides is 1. The number of nitrogens with zero attached hydrogens (tertiary/aromatic N) is 2. The number of hydrogen-bond acceptors (Lipinski definition) is 5. The molecule has 6 heteroatoms. The van der Waals surface area contributed by atoms with E-state index in [1.54, 1.807) is 20.5 Å². The third kappa shape index (κ3) is 4.12. The van der Waals surface area contributed by atoms with Crippen LogP contribution >= 0.6 is 0 Å². The van der Waals surface area contributed by atoms with Crippen molar-refractivity contribution < 1.29 is 14.3 Å². The Labute approximate surface area is 211 Å². The van der Waals surface area contributed by atoms with Crippen molar-refractivity contribution in [2.45, 2.75) is 82.8 Å². The van der Waals surface area contributed by atoms with Gasteiger partial charge in [0.2, 0.25) is 0 Å². The minimum absolute atomic E-state index is 0.110. The summed E-state index contributed by atoms with van der Waals surface area (Å²) in [6, 6.07) is 0.655. The number of methoxy groups -OCH3 is 2. The van der Waals surface area contributed by atoms with Crippen LogP contribution in [-0.2, 0) is 14.3 Å². The van der Waals surface area contributed by atoms with E-state index in [-0.39, 0.29) is 17.4 Å². The van der Waals surface area contributed by atoms with Gasteiger partial charge < -0.3 is 19.7 Å². The van der Waals surface area contributed by atoms with Crippen LogP contribution in [0.2, 0.25) is 0 Å². The van der Waals surface area contributed by atoms with E-state index in [4.69, 9.17) is 9.47 Å². The fraction of sp³-hybridized carbons (Fsp3) is 0.690. The zero-order chi connectivity index (χ0) is 24.7. The topological polar surface area (TPSA) is 54.0 Å². The molecular weight excluding hydrogens is 438 g/mol. The van der Waals surface area contributed by atoms with Crippen LogP contribution in [-0.4, -0.2) is 67.7 Å². The van der Waals surface area contributed by atoms with Crippen LogP contribution in [0.1, 0.15) is 65.2 Å². The molecule has 35 heavy (non-hydrogen) atoms. The molecule has 4 atom stereocenters. The average molecular weight is 482 g/mol. The normalized spacial score (nSPS) is 33.3. The molecule has 0 bridgehead atoms. The molecule has 1 N–H and O–H groups in total. The Kier molecular flexibility index (Phi) is 6.77. The fourth-order valence-corrected chi connectivity index (χ4v) is 7.50. The molecule has 5 rings (SSSR count). The van der Waals surface area contributed by atoms with Gasteiger partial charge in [-0.15, -0.1) is 0 Å². The Morgan fingerprint density at radius 2 is 2.09 bits per heavy atom. The third-order valence-corrected chi connectivity index (χ3v) is 9.40. The van der Waals surface area contributed by atoms with Crippen LogP contribution in [0.3, 0.4) is 0 Å². The maximum atomic E-state index is 13.8. The van der Waals surface area contributed by atoms with Crippen molar-refractivity contribution in [2.75, 3.05) is 34.4 Å². The lowest BCUT2D eigenvalue weighted by molar-refractivity contribution is -0.129. The molecule has 1 unspecified atom stereocenters. The Morgan fingerprint density at radius 1 is 1.31 bits per heavy atom. The van der Waals surface area contributed by atoms with Gasteiger partial charge >= 0.3 is 0 Å². The minimum Gasteiger partial charge on any atom is -0.504 e. The average Bonchev–Trinajstić information content (AvgIpc) is 3.51. The molecule has 0 radical (unpaired) electrons. The lowest BCUT2D eigenvalue weighted by Crippen LogP contribution is -2.54. The molecule has 0 aromatic heterocycles. The van der Waals surface area contributed by atoms with Gasteiger partial charge in [0.25, 0.3) is 5.91 Å². The van der Waals surface area contributed by atoms with Crippen LogP contribution in [0.5, 0.6) is 0 Å². The number of rotatable bonds is 6. The smallest absolute Gasteiger partial charge is 0.253 e. The van der Waals surface area contributed by atoms with E-state index in [1.165, 1.54) is 29.7 Å². The number of fused-ring (bicyclic) bond motifs is 4. The van der Waals surface area contributed by atoms with Gasteiger partial charge in [0, 0.05) is 37.4 Å². The number of likely N-dealkylation sites (N-methyl/N-ethyl adjacent to an activating group) is 1. The maximum Gasteiger partial charge on any atom is 0.253 e. The van der Waals surface area contributed by atoms with E-state index in [1.807, 2.05) is 11.9 Å². The molecule has 3 heterocycles. The lowest BCUT2D eigenvalue weighted by atomic mass is 9.73. The molecule has 0 aromatic carbocycles. The van der Waals surface area contributed by atoms with Gasteiger partial charge in [-0.05, 0) is 62.5 Å². The van der Waals surface area contributed by atoms with Crippen LogP contribution in [0.25, 0.3) is 0 Å². The van der Waals surface area contributed by atoms with E-state index in [9.17, 15) is 4.79 Å². The number of nitrogens with one attached hydrogen (secondary N) is 1. The second kappa shape index (κ2) is 9.68. The van der Waals surface area contributed by atoms with Crippen molar-refractivity contribution in [2.24, 2.45) is 11.8 Å². The third-order valence-electron chi connectivity index (χ3n) is 9.40. The maximum absolute atomic E-state index is 13.8. The van der Waals surface area contributed by atoms with Crippen molar-refractivity contribution in [1.82, 2.24) is 15.1 Å². The van der Waals surface area contributed by atoms with Crippen molar-refractivity contribution in [3.8, 4) is 0 Å². The predicted octanol–water partition coefficient (Wildman–Crippen LogP) is 4.51. The standard InChI is InChI=1S/C29H43N3O3/c1-6-19-17-32-15-13-21-26-25(35-5)12-9-14-29(26,2)30-27(21)24(32)16-22(19)23(18-34-4)28(33)31(3)20-10-7-8-11-20/h9,12,18-20,22,24,30H,6-8,10-11,13-17H2,1-5H3/b23-18+/t19-,22+,24+,29?/m1/s1. The summed E-state index contributed by atoms with van der Waals surface area (Å²) in [4.78, 5) is 18.5. The first kappa shape index (κ1) is 24.5. The summed E-state index contributed by atoms with van der Waals surface area (Å²) in [6.45, 7) is 6.66. The lowest BCUT2D eigenvalue weighted by Gasteiger charge is -2.47. The first-order valence-electron chi connectivity index (χ1n) is 13.6. The van der Waals surface area contributed by atoms with Gasteiger partial charge in [0.15, 0.2) is 0 Å². The number of carbonyl (C=O) groups excluding carboxylic acids is 1. The fourth-order valence-electron chi connectivity index (χ4n) is 7.50. The van der Waals surface area contributed by atoms with Gasteiger partial charge in [0.05, 0.1) is 37.6 Å². The number of piperidine rings is 1. The van der Waals surface area contributed by atoms with Crippen molar-refractivity contribution >= 4 is 5.91 Å². The number of allylic oxidation sites excluding steroid dienone is 1. The Balaban J connectivity index is 1.47. The molecule has 3 aliphatic heterocycles. The van der Waals surface area contributed by atoms with Gasteiger partial charge in [-0.1, -0.05) is 32.3 Å². The molecule has 1 saturated carbocycles. The van der Waals surface area contributed by atoms with Crippen LogP contribution in [0.4, 0.5) is 0 Å². The summed E-state index contributed by atoms with van der Waals surface area (Å²) in [6.07, 6.45) is 14.8. The van der Waals surface area contributed by atoms with Crippen LogP contribution in [0, 0.1) is 11.8 Å². The van der Waals surface area contributed by atoms with E-state index >= 15 is 0 Å². The van der Waals surface area contributed by atoms with Gasteiger partial charge in [-0.3, -0.25) is 9.69 Å². The summed E-state index contributed by atoms with van der Waals surface area (Å²) in [5.41, 5.74) is 4.90. The van der Waals surface area contributed by atoms with Gasteiger partial charge in [-0.2, -0.15) is 0 Å². The predicted molar refractivity (Wildman–Crippen MR) is 138 cm³/mol. The second-order valence-corrected chi connectivity index (χ2v) is 11.3. The van der Waals surface area contributed by atoms with Crippen molar-refractivity contribution in [1.29, 1.82) is 0 Å². The van der Waals surface area contributed by atoms with E-state index in [0.717, 1.165) is 62.9 Å². The van der Waals surface area contributed by atoms with Crippen LogP contribution < -0.4 is 5.32 Å². The molecule has 1 amide bonds. The summed E-state index contributed by atoms with van der Waals surface area (Å²) < 4.78 is 11.4.